The molecule has 0 aromatic heterocycles. The van der Waals surface area contributed by atoms with Crippen LogP contribution in [0.15, 0.2) is 46.9 Å². The minimum atomic E-state index is -3.26. The Morgan fingerprint density at radius 3 is 2.33 bits per heavy atom. The number of sulfone groups is 1. The van der Waals surface area contributed by atoms with E-state index in [1.54, 1.807) is 37.3 Å². The molecule has 98 valence electrons. The minimum Gasteiger partial charge on any atom is -0.300 e. The molecule has 0 heterocycles. The van der Waals surface area contributed by atoms with Crippen LogP contribution in [-0.2, 0) is 14.6 Å². The van der Waals surface area contributed by atoms with E-state index in [2.05, 4.69) is 0 Å². The summed E-state index contributed by atoms with van der Waals surface area (Å²) in [6, 6.07) is 8.40. The van der Waals surface area contributed by atoms with E-state index in [0.29, 0.717) is 17.7 Å². The predicted octanol–water partition coefficient (Wildman–Crippen LogP) is 2.78. The van der Waals surface area contributed by atoms with E-state index >= 15 is 0 Å². The van der Waals surface area contributed by atoms with Crippen molar-refractivity contribution in [3.8, 4) is 0 Å². The maximum absolute atomic E-state index is 12.0. The predicted molar refractivity (Wildman–Crippen MR) is 72.2 cm³/mol. The van der Waals surface area contributed by atoms with Gasteiger partial charge in [-0.1, -0.05) is 29.8 Å². The van der Waals surface area contributed by atoms with E-state index in [1.165, 1.54) is 6.92 Å². The molecule has 0 saturated heterocycles. The lowest BCUT2D eigenvalue weighted by Crippen LogP contribution is -2.07. The number of carbonyl (C=O) groups excluding carboxylic acids is 1. The van der Waals surface area contributed by atoms with Crippen molar-refractivity contribution in [2.45, 2.75) is 31.6 Å². The second-order valence-corrected chi connectivity index (χ2v) is 6.35. The second kappa shape index (κ2) is 6.50. The summed E-state index contributed by atoms with van der Waals surface area (Å²) in [7, 11) is -3.26. The quantitative estimate of drug-likeness (QED) is 0.744. The third kappa shape index (κ3) is 4.84. The molecule has 0 aliphatic carbocycles. The number of Topliss-reactive ketones (excluding diaryl/α,β-unsaturated/α-hetero) is 1. The highest BCUT2D eigenvalue weighted by Gasteiger charge is 2.13. The lowest BCUT2D eigenvalue weighted by atomic mass is 10.2. The van der Waals surface area contributed by atoms with Crippen molar-refractivity contribution in [1.29, 1.82) is 0 Å². The van der Waals surface area contributed by atoms with Gasteiger partial charge in [0.25, 0.3) is 0 Å². The summed E-state index contributed by atoms with van der Waals surface area (Å²) in [5.74, 6) is 0.125. The third-order valence-electron chi connectivity index (χ3n) is 2.51. The van der Waals surface area contributed by atoms with Crippen molar-refractivity contribution in [2.75, 3.05) is 5.75 Å². The fraction of sp³-hybridized carbons (Fsp3) is 0.357. The molecular formula is C14H18O3S. The van der Waals surface area contributed by atoms with Gasteiger partial charge in [-0.15, -0.1) is 0 Å². The molecule has 4 heteroatoms. The normalized spacial score (nSPS) is 12.4. The summed E-state index contributed by atoms with van der Waals surface area (Å²) in [6.07, 6.45) is 2.89. The molecule has 0 atom stereocenters. The zero-order chi connectivity index (χ0) is 13.6. The first kappa shape index (κ1) is 14.6. The van der Waals surface area contributed by atoms with Crippen LogP contribution in [0.2, 0.25) is 0 Å². The average molecular weight is 266 g/mol. The fourth-order valence-electron chi connectivity index (χ4n) is 1.59. The van der Waals surface area contributed by atoms with Crippen molar-refractivity contribution >= 4 is 15.6 Å². The minimum absolute atomic E-state index is 0.00885. The molecule has 3 nitrogen and oxygen atoms in total. The summed E-state index contributed by atoms with van der Waals surface area (Å²) in [6.45, 7) is 3.31. The zero-order valence-corrected chi connectivity index (χ0v) is 11.5. The van der Waals surface area contributed by atoms with Crippen LogP contribution in [-0.4, -0.2) is 20.0 Å². The van der Waals surface area contributed by atoms with E-state index in [0.717, 1.165) is 5.57 Å². The summed E-state index contributed by atoms with van der Waals surface area (Å²) >= 11 is 0. The van der Waals surface area contributed by atoms with E-state index < -0.39 is 9.84 Å². The standard InChI is InChI=1S/C14H18O3S/c1-12(7-6-8-13(2)15)11-18(16,17)14-9-4-3-5-10-14/h3-5,7,9-10H,6,8,11H2,1-2H3. The third-order valence-corrected chi connectivity index (χ3v) is 4.33. The smallest absolute Gasteiger partial charge is 0.182 e. The van der Waals surface area contributed by atoms with Crippen LogP contribution < -0.4 is 0 Å². The highest BCUT2D eigenvalue weighted by Crippen LogP contribution is 2.13. The molecule has 0 bridgehead atoms. The van der Waals surface area contributed by atoms with Crippen molar-refractivity contribution < 1.29 is 13.2 Å². The SMILES string of the molecule is CC(=O)CCC=C(C)CS(=O)(=O)c1ccccc1. The van der Waals surface area contributed by atoms with Gasteiger partial charge in [-0.3, -0.25) is 0 Å². The van der Waals surface area contributed by atoms with Crippen LogP contribution in [0.4, 0.5) is 0 Å². The van der Waals surface area contributed by atoms with E-state index in [1.807, 2.05) is 6.08 Å². The van der Waals surface area contributed by atoms with Crippen LogP contribution in [0, 0.1) is 0 Å². The van der Waals surface area contributed by atoms with Gasteiger partial charge in [0.05, 0.1) is 10.6 Å². The highest BCUT2D eigenvalue weighted by atomic mass is 32.2. The van der Waals surface area contributed by atoms with Gasteiger partial charge < -0.3 is 4.79 Å². The largest absolute Gasteiger partial charge is 0.300 e. The van der Waals surface area contributed by atoms with Gasteiger partial charge in [-0.2, -0.15) is 0 Å². The van der Waals surface area contributed by atoms with Crippen LogP contribution >= 0.6 is 0 Å². The maximum Gasteiger partial charge on any atom is 0.182 e. The zero-order valence-electron chi connectivity index (χ0n) is 10.7. The lowest BCUT2D eigenvalue weighted by Gasteiger charge is -2.04. The number of allylic oxidation sites excluding steroid dienone is 1. The molecule has 0 amide bonds. The Kier molecular flexibility index (Phi) is 5.28. The summed E-state index contributed by atoms with van der Waals surface area (Å²) in [5.41, 5.74) is 0.778. The molecule has 0 unspecified atom stereocenters. The van der Waals surface area contributed by atoms with Crippen LogP contribution in [0.25, 0.3) is 0 Å². The molecule has 0 spiro atoms. The van der Waals surface area contributed by atoms with Crippen LogP contribution in [0.5, 0.6) is 0 Å². The van der Waals surface area contributed by atoms with Crippen molar-refractivity contribution in [3.05, 3.63) is 42.0 Å². The van der Waals surface area contributed by atoms with Gasteiger partial charge in [0.15, 0.2) is 9.84 Å². The molecule has 1 aromatic carbocycles. The summed E-state index contributed by atoms with van der Waals surface area (Å²) in [5, 5.41) is 0. The Labute approximate surface area is 108 Å². The first-order chi connectivity index (χ1) is 8.42. The molecule has 0 fully saturated rings. The number of hydrogen-bond acceptors (Lipinski definition) is 3. The van der Waals surface area contributed by atoms with Gasteiger partial charge >= 0.3 is 0 Å². The number of carbonyl (C=O) groups is 1. The molecular weight excluding hydrogens is 248 g/mol. The van der Waals surface area contributed by atoms with E-state index in [4.69, 9.17) is 0 Å². The average Bonchev–Trinajstić information content (AvgIpc) is 2.29. The molecule has 0 aliphatic heterocycles. The van der Waals surface area contributed by atoms with Gasteiger partial charge in [0.1, 0.15) is 5.78 Å². The van der Waals surface area contributed by atoms with Crippen molar-refractivity contribution in [1.82, 2.24) is 0 Å². The fourth-order valence-corrected chi connectivity index (χ4v) is 3.05. The number of benzene rings is 1. The number of rotatable bonds is 6. The Hall–Kier alpha value is -1.42. The lowest BCUT2D eigenvalue weighted by molar-refractivity contribution is -0.116. The summed E-state index contributed by atoms with van der Waals surface area (Å²) in [4.78, 5) is 11.1. The topological polar surface area (TPSA) is 51.2 Å². The van der Waals surface area contributed by atoms with E-state index in [9.17, 15) is 13.2 Å². The van der Waals surface area contributed by atoms with Gasteiger partial charge in [-0.25, -0.2) is 8.42 Å². The van der Waals surface area contributed by atoms with Crippen LogP contribution in [0.3, 0.4) is 0 Å². The summed E-state index contributed by atoms with van der Waals surface area (Å²) < 4.78 is 24.1. The second-order valence-electron chi connectivity index (χ2n) is 4.36. The van der Waals surface area contributed by atoms with Crippen molar-refractivity contribution in [3.63, 3.8) is 0 Å². The number of ketones is 1. The molecule has 0 aliphatic rings. The van der Waals surface area contributed by atoms with Gasteiger partial charge in [0, 0.05) is 6.42 Å². The molecule has 1 aromatic rings. The molecule has 0 saturated carbocycles. The highest BCUT2D eigenvalue weighted by molar-refractivity contribution is 7.91. The Morgan fingerprint density at radius 2 is 1.78 bits per heavy atom. The maximum atomic E-state index is 12.0. The van der Waals surface area contributed by atoms with Gasteiger partial charge in [-0.05, 0) is 32.4 Å². The number of hydrogen-bond donors (Lipinski definition) is 0. The monoisotopic (exact) mass is 266 g/mol. The molecule has 18 heavy (non-hydrogen) atoms. The molecule has 0 radical (unpaired) electrons. The first-order valence-corrected chi connectivity index (χ1v) is 7.50. The Balaban J connectivity index is 2.69. The van der Waals surface area contributed by atoms with Gasteiger partial charge in [0.2, 0.25) is 0 Å². The first-order valence-electron chi connectivity index (χ1n) is 5.84. The Morgan fingerprint density at radius 1 is 1.17 bits per heavy atom. The Bertz CT molecular complexity index is 527. The molecule has 1 rings (SSSR count). The van der Waals surface area contributed by atoms with E-state index in [-0.39, 0.29) is 11.5 Å². The van der Waals surface area contributed by atoms with Crippen LogP contribution in [0.1, 0.15) is 26.7 Å². The molecule has 0 N–H and O–H groups in total. The van der Waals surface area contributed by atoms with Crippen molar-refractivity contribution in [2.24, 2.45) is 0 Å².